The fourth-order valence-corrected chi connectivity index (χ4v) is 1.11. The summed E-state index contributed by atoms with van der Waals surface area (Å²) in [6.07, 6.45) is 1.89. The molecule has 5 heteroatoms. The van der Waals surface area contributed by atoms with Crippen LogP contribution in [0.4, 0.5) is 0 Å². The largest absolute Gasteiger partial charge is 0.277 e. The molecule has 13 heavy (non-hydrogen) atoms. The maximum absolute atomic E-state index is 9.86. The zero-order valence-corrected chi connectivity index (χ0v) is 8.01. The molecule has 1 N–H and O–H groups in total. The summed E-state index contributed by atoms with van der Waals surface area (Å²) in [5.41, 5.74) is 2.79. The van der Waals surface area contributed by atoms with E-state index in [0.717, 1.165) is 0 Å². The van der Waals surface area contributed by atoms with E-state index in [0.29, 0.717) is 22.0 Å². The van der Waals surface area contributed by atoms with Crippen molar-refractivity contribution in [1.29, 1.82) is 0 Å². The molecule has 0 aliphatic heterocycles. The second-order valence-electron chi connectivity index (χ2n) is 2.15. The van der Waals surface area contributed by atoms with Gasteiger partial charge in [-0.2, -0.15) is 5.10 Å². The number of amides is 1. The van der Waals surface area contributed by atoms with Crippen molar-refractivity contribution in [3.05, 3.63) is 33.8 Å². The number of nitrogens with zero attached hydrogens (tertiary/aromatic N) is 1. The Balaban J connectivity index is 2.88. The zero-order chi connectivity index (χ0) is 9.68. The number of hydrazone groups is 1. The molecule has 0 saturated heterocycles. The Hall–Kier alpha value is -1.06. The van der Waals surface area contributed by atoms with Gasteiger partial charge in [-0.15, -0.1) is 0 Å². The highest BCUT2D eigenvalue weighted by atomic mass is 35.5. The molecule has 0 heterocycles. The summed E-state index contributed by atoms with van der Waals surface area (Å²) in [6, 6.07) is 5.16. The first-order chi connectivity index (χ1) is 6.25. The second-order valence-corrected chi connectivity index (χ2v) is 2.93. The minimum absolute atomic E-state index is 0.417. The summed E-state index contributed by atoms with van der Waals surface area (Å²) < 4.78 is 0. The third-order valence-electron chi connectivity index (χ3n) is 1.31. The first-order valence-corrected chi connectivity index (χ1v) is 4.17. The fourth-order valence-electron chi connectivity index (χ4n) is 0.757. The highest BCUT2D eigenvalue weighted by Gasteiger charge is 2.00. The highest BCUT2D eigenvalue weighted by Crippen LogP contribution is 2.23. The third-order valence-corrected chi connectivity index (χ3v) is 2.15. The van der Waals surface area contributed by atoms with Crippen LogP contribution in [0.1, 0.15) is 5.56 Å². The molecular weight excluding hydrogens is 211 g/mol. The normalized spacial score (nSPS) is 10.3. The molecule has 0 aliphatic rings. The van der Waals surface area contributed by atoms with Crippen LogP contribution in [0.5, 0.6) is 0 Å². The van der Waals surface area contributed by atoms with Gasteiger partial charge in [0.1, 0.15) is 0 Å². The molecule has 0 aromatic heterocycles. The minimum atomic E-state index is 0.417. The third kappa shape index (κ3) is 2.72. The van der Waals surface area contributed by atoms with E-state index in [1.54, 1.807) is 18.2 Å². The summed E-state index contributed by atoms with van der Waals surface area (Å²) in [5, 5.41) is 4.45. The number of carbonyl (C=O) groups excluding carboxylic acids is 1. The van der Waals surface area contributed by atoms with Crippen LogP contribution < -0.4 is 5.43 Å². The lowest BCUT2D eigenvalue weighted by molar-refractivity contribution is -0.109. The van der Waals surface area contributed by atoms with E-state index in [2.05, 4.69) is 10.5 Å². The average molecular weight is 217 g/mol. The highest BCUT2D eigenvalue weighted by molar-refractivity contribution is 6.43. The molecule has 0 fully saturated rings. The van der Waals surface area contributed by atoms with Crippen LogP contribution in [-0.2, 0) is 4.79 Å². The van der Waals surface area contributed by atoms with E-state index >= 15 is 0 Å². The molecule has 0 bridgehead atoms. The number of carbonyl (C=O) groups is 1. The van der Waals surface area contributed by atoms with Gasteiger partial charge in [-0.05, 0) is 6.07 Å². The Morgan fingerprint density at radius 3 is 2.85 bits per heavy atom. The summed E-state index contributed by atoms with van der Waals surface area (Å²) in [6.45, 7) is 0. The molecule has 0 radical (unpaired) electrons. The smallest absolute Gasteiger partial charge is 0.227 e. The van der Waals surface area contributed by atoms with Crippen molar-refractivity contribution in [1.82, 2.24) is 5.43 Å². The van der Waals surface area contributed by atoms with Gasteiger partial charge in [0.25, 0.3) is 0 Å². The summed E-state index contributed by atoms with van der Waals surface area (Å²) in [5.74, 6) is 0. The Labute approximate surface area is 85.3 Å². The maximum atomic E-state index is 9.86. The van der Waals surface area contributed by atoms with Gasteiger partial charge in [0.05, 0.1) is 16.3 Å². The predicted molar refractivity (Wildman–Crippen MR) is 53.3 cm³/mol. The monoisotopic (exact) mass is 216 g/mol. The summed E-state index contributed by atoms with van der Waals surface area (Å²) in [7, 11) is 0. The van der Waals surface area contributed by atoms with E-state index in [-0.39, 0.29) is 0 Å². The van der Waals surface area contributed by atoms with Crippen molar-refractivity contribution >= 4 is 35.8 Å². The molecule has 1 aromatic rings. The molecule has 0 aliphatic carbocycles. The van der Waals surface area contributed by atoms with Crippen LogP contribution in [0.15, 0.2) is 23.3 Å². The number of hydrogen-bond acceptors (Lipinski definition) is 2. The van der Waals surface area contributed by atoms with Crippen LogP contribution >= 0.6 is 23.2 Å². The van der Waals surface area contributed by atoms with Crippen molar-refractivity contribution < 1.29 is 4.79 Å². The Kier molecular flexibility index (Phi) is 3.73. The second kappa shape index (κ2) is 4.84. The van der Waals surface area contributed by atoms with Crippen LogP contribution in [0.25, 0.3) is 0 Å². The van der Waals surface area contributed by atoms with Crippen molar-refractivity contribution in [3.63, 3.8) is 0 Å². The molecule has 1 rings (SSSR count). The number of benzene rings is 1. The lowest BCUT2D eigenvalue weighted by Gasteiger charge is -1.98. The molecule has 0 unspecified atom stereocenters. The molecule has 1 aromatic carbocycles. The summed E-state index contributed by atoms with van der Waals surface area (Å²) >= 11 is 11.6. The van der Waals surface area contributed by atoms with Crippen molar-refractivity contribution in [2.24, 2.45) is 5.10 Å². The van der Waals surface area contributed by atoms with Crippen molar-refractivity contribution in [2.45, 2.75) is 0 Å². The van der Waals surface area contributed by atoms with Crippen LogP contribution in [-0.4, -0.2) is 12.6 Å². The average Bonchev–Trinajstić information content (AvgIpc) is 2.13. The van der Waals surface area contributed by atoms with Crippen molar-refractivity contribution in [2.75, 3.05) is 0 Å². The molecule has 3 nitrogen and oxygen atoms in total. The minimum Gasteiger partial charge on any atom is -0.277 e. The van der Waals surface area contributed by atoms with Gasteiger partial charge in [0.15, 0.2) is 0 Å². The van der Waals surface area contributed by atoms with Gasteiger partial charge in [-0.1, -0.05) is 35.3 Å². The Morgan fingerprint density at radius 1 is 1.38 bits per heavy atom. The van der Waals surface area contributed by atoms with Crippen LogP contribution in [0, 0.1) is 0 Å². The van der Waals surface area contributed by atoms with Gasteiger partial charge in [0.2, 0.25) is 6.41 Å². The summed E-state index contributed by atoms with van der Waals surface area (Å²) in [4.78, 5) is 9.86. The van der Waals surface area contributed by atoms with Gasteiger partial charge < -0.3 is 0 Å². The Morgan fingerprint density at radius 2 is 2.15 bits per heavy atom. The molecular formula is C8H6Cl2N2O. The van der Waals surface area contributed by atoms with Gasteiger partial charge in [0, 0.05) is 5.56 Å². The molecule has 0 saturated carbocycles. The molecule has 0 spiro atoms. The zero-order valence-electron chi connectivity index (χ0n) is 6.50. The first-order valence-electron chi connectivity index (χ1n) is 3.42. The lowest BCUT2D eigenvalue weighted by atomic mass is 10.2. The number of nitrogens with one attached hydrogen (secondary N) is 1. The molecule has 0 atom stereocenters. The number of hydrogen-bond donors (Lipinski definition) is 1. The van der Waals surface area contributed by atoms with E-state index in [1.165, 1.54) is 6.21 Å². The lowest BCUT2D eigenvalue weighted by Crippen LogP contribution is -2.00. The van der Waals surface area contributed by atoms with E-state index < -0.39 is 0 Å². The van der Waals surface area contributed by atoms with E-state index in [1.807, 2.05) is 0 Å². The van der Waals surface area contributed by atoms with E-state index in [4.69, 9.17) is 23.2 Å². The van der Waals surface area contributed by atoms with Gasteiger partial charge in [-0.3, -0.25) is 4.79 Å². The fraction of sp³-hybridized carbons (Fsp3) is 0. The van der Waals surface area contributed by atoms with Gasteiger partial charge in [-0.25, -0.2) is 5.43 Å². The van der Waals surface area contributed by atoms with Gasteiger partial charge >= 0.3 is 0 Å². The first kappa shape index (κ1) is 10.0. The van der Waals surface area contributed by atoms with Crippen molar-refractivity contribution in [3.8, 4) is 0 Å². The standard InChI is InChI=1S/C8H6Cl2N2O/c9-7-3-1-2-6(8(7)10)4-11-12-5-13/h1-5H,(H,12,13)/b11-4+. The quantitative estimate of drug-likeness (QED) is 0.470. The number of halogens is 2. The topological polar surface area (TPSA) is 41.5 Å². The number of rotatable bonds is 3. The Bertz CT molecular complexity index is 339. The van der Waals surface area contributed by atoms with E-state index in [9.17, 15) is 4.79 Å². The predicted octanol–water partition coefficient (Wildman–Crippen LogP) is 2.07. The molecule has 68 valence electrons. The van der Waals surface area contributed by atoms with Crippen LogP contribution in [0.3, 0.4) is 0 Å². The maximum Gasteiger partial charge on any atom is 0.227 e. The molecule has 1 amide bonds. The van der Waals surface area contributed by atoms with Crippen LogP contribution in [0.2, 0.25) is 10.0 Å². The SMILES string of the molecule is O=CN/N=C/c1cccc(Cl)c1Cl.